The molecule has 32 heavy (non-hydrogen) atoms. The molecule has 1 amide bonds. The quantitative estimate of drug-likeness (QED) is 0.224. The molecular formula is C23H19BrN6OS. The van der Waals surface area contributed by atoms with Crippen molar-refractivity contribution in [3.63, 3.8) is 0 Å². The number of carbonyl (C=O) groups is 1. The van der Waals surface area contributed by atoms with Crippen LogP contribution in [0.5, 0.6) is 0 Å². The van der Waals surface area contributed by atoms with Crippen molar-refractivity contribution in [3.05, 3.63) is 88.7 Å². The zero-order valence-electron chi connectivity index (χ0n) is 17.1. The highest BCUT2D eigenvalue weighted by molar-refractivity contribution is 9.10. The summed E-state index contributed by atoms with van der Waals surface area (Å²) in [5.41, 5.74) is 6.36. The zero-order valence-corrected chi connectivity index (χ0v) is 19.5. The number of nitrogens with zero attached hydrogens (tertiary/aromatic N) is 5. The normalized spacial score (nSPS) is 11.1. The summed E-state index contributed by atoms with van der Waals surface area (Å²) in [5, 5.41) is 13.3. The summed E-state index contributed by atoms with van der Waals surface area (Å²) in [5.74, 6) is 0.569. The Kier molecular flexibility index (Phi) is 7.08. The van der Waals surface area contributed by atoms with Crippen molar-refractivity contribution < 1.29 is 4.79 Å². The van der Waals surface area contributed by atoms with Crippen molar-refractivity contribution in [1.82, 2.24) is 25.2 Å². The third-order valence-corrected chi connectivity index (χ3v) is 5.91. The van der Waals surface area contributed by atoms with Crippen LogP contribution < -0.4 is 5.43 Å². The van der Waals surface area contributed by atoms with Crippen molar-refractivity contribution in [3.8, 4) is 17.1 Å². The molecule has 0 aliphatic carbocycles. The van der Waals surface area contributed by atoms with Crippen LogP contribution in [0.2, 0.25) is 0 Å². The molecule has 0 saturated heterocycles. The smallest absolute Gasteiger partial charge is 0.250 e. The molecule has 0 saturated carbocycles. The second-order valence-electron chi connectivity index (χ2n) is 6.85. The number of thioether (sulfide) groups is 1. The summed E-state index contributed by atoms with van der Waals surface area (Å²) in [6, 6.07) is 19.5. The number of aromatic nitrogens is 4. The van der Waals surface area contributed by atoms with Gasteiger partial charge in [0.2, 0.25) is 0 Å². The van der Waals surface area contributed by atoms with Gasteiger partial charge in [0.25, 0.3) is 5.91 Å². The Hall–Kier alpha value is -3.30. The standard InChI is InChI=1S/C23H19BrN6OS/c1-16-4-6-17(7-5-16)13-26-27-21(31)15-32-23-29-28-22(18-3-2-12-25-14-18)30(23)20-10-8-19(24)9-11-20/h2-14H,15H2,1H3,(H,27,31). The molecule has 1 N–H and O–H groups in total. The monoisotopic (exact) mass is 506 g/mol. The van der Waals surface area contributed by atoms with Crippen molar-refractivity contribution in [2.24, 2.45) is 5.10 Å². The lowest BCUT2D eigenvalue weighted by Crippen LogP contribution is -2.20. The lowest BCUT2D eigenvalue weighted by Gasteiger charge is -2.10. The molecule has 4 aromatic rings. The van der Waals surface area contributed by atoms with Gasteiger partial charge in [0.05, 0.1) is 12.0 Å². The van der Waals surface area contributed by atoms with Crippen LogP contribution in [-0.2, 0) is 4.79 Å². The second kappa shape index (κ2) is 10.3. The number of amides is 1. The number of hydrazone groups is 1. The Bertz CT molecular complexity index is 1220. The van der Waals surface area contributed by atoms with E-state index in [0.29, 0.717) is 11.0 Å². The van der Waals surface area contributed by atoms with Gasteiger partial charge in [-0.25, -0.2) is 5.43 Å². The predicted octanol–water partition coefficient (Wildman–Crippen LogP) is 4.64. The fourth-order valence-electron chi connectivity index (χ4n) is 2.86. The Labute approximate surface area is 198 Å². The second-order valence-corrected chi connectivity index (χ2v) is 8.71. The minimum atomic E-state index is -0.230. The molecule has 0 radical (unpaired) electrons. The summed E-state index contributed by atoms with van der Waals surface area (Å²) >= 11 is 4.75. The Morgan fingerprint density at radius 2 is 1.91 bits per heavy atom. The molecule has 0 fully saturated rings. The van der Waals surface area contributed by atoms with E-state index in [9.17, 15) is 4.79 Å². The minimum absolute atomic E-state index is 0.146. The van der Waals surface area contributed by atoms with Crippen LogP contribution in [0.15, 0.2) is 87.8 Å². The van der Waals surface area contributed by atoms with Gasteiger partial charge < -0.3 is 0 Å². The SMILES string of the molecule is Cc1ccc(C=NNC(=O)CSc2nnc(-c3cccnc3)n2-c2ccc(Br)cc2)cc1. The van der Waals surface area contributed by atoms with E-state index in [1.807, 2.05) is 72.2 Å². The highest BCUT2D eigenvalue weighted by Crippen LogP contribution is 2.28. The first-order valence-electron chi connectivity index (χ1n) is 9.73. The number of aryl methyl sites for hydroxylation is 1. The average Bonchev–Trinajstić information content (AvgIpc) is 3.24. The third-order valence-electron chi connectivity index (χ3n) is 4.45. The first kappa shape index (κ1) is 21.9. The van der Waals surface area contributed by atoms with Crippen LogP contribution in [0.25, 0.3) is 17.1 Å². The molecule has 0 atom stereocenters. The number of halogens is 1. The molecule has 7 nitrogen and oxygen atoms in total. The van der Waals surface area contributed by atoms with Gasteiger partial charge in [-0.2, -0.15) is 5.10 Å². The van der Waals surface area contributed by atoms with Crippen molar-refractivity contribution in [2.45, 2.75) is 12.1 Å². The lowest BCUT2D eigenvalue weighted by atomic mass is 10.2. The molecule has 2 heterocycles. The number of benzene rings is 2. The van der Waals surface area contributed by atoms with Gasteiger partial charge >= 0.3 is 0 Å². The van der Waals surface area contributed by atoms with E-state index in [2.05, 4.69) is 41.6 Å². The number of pyridine rings is 1. The first-order chi connectivity index (χ1) is 15.6. The topological polar surface area (TPSA) is 85.1 Å². The van der Waals surface area contributed by atoms with Gasteiger partial charge in [-0.15, -0.1) is 10.2 Å². The average molecular weight is 507 g/mol. The van der Waals surface area contributed by atoms with Crippen LogP contribution in [0.4, 0.5) is 0 Å². The maximum absolute atomic E-state index is 12.3. The van der Waals surface area contributed by atoms with Gasteiger partial charge in [0.15, 0.2) is 11.0 Å². The van der Waals surface area contributed by atoms with E-state index >= 15 is 0 Å². The summed E-state index contributed by atoms with van der Waals surface area (Å²) in [6.07, 6.45) is 5.06. The van der Waals surface area contributed by atoms with Crippen LogP contribution in [0.3, 0.4) is 0 Å². The Balaban J connectivity index is 1.49. The predicted molar refractivity (Wildman–Crippen MR) is 130 cm³/mol. The van der Waals surface area contributed by atoms with Gasteiger partial charge in [0.1, 0.15) is 0 Å². The van der Waals surface area contributed by atoms with Crippen molar-refractivity contribution in [1.29, 1.82) is 0 Å². The minimum Gasteiger partial charge on any atom is -0.272 e. The zero-order chi connectivity index (χ0) is 22.3. The molecule has 0 unspecified atom stereocenters. The number of carbonyl (C=O) groups excluding carboxylic acids is 1. The summed E-state index contributed by atoms with van der Waals surface area (Å²) in [6.45, 7) is 2.02. The molecule has 0 spiro atoms. The third kappa shape index (κ3) is 5.49. The fourth-order valence-corrected chi connectivity index (χ4v) is 3.87. The van der Waals surface area contributed by atoms with Crippen LogP contribution >= 0.6 is 27.7 Å². The Morgan fingerprint density at radius 3 is 2.62 bits per heavy atom. The summed E-state index contributed by atoms with van der Waals surface area (Å²) in [4.78, 5) is 16.5. The Morgan fingerprint density at radius 1 is 1.12 bits per heavy atom. The van der Waals surface area contributed by atoms with E-state index in [-0.39, 0.29) is 11.7 Å². The fraction of sp³-hybridized carbons (Fsp3) is 0.0870. The van der Waals surface area contributed by atoms with Crippen LogP contribution in [0.1, 0.15) is 11.1 Å². The summed E-state index contributed by atoms with van der Waals surface area (Å²) in [7, 11) is 0. The van der Waals surface area contributed by atoms with Crippen LogP contribution in [0, 0.1) is 6.92 Å². The highest BCUT2D eigenvalue weighted by atomic mass is 79.9. The number of nitrogens with one attached hydrogen (secondary N) is 1. The maximum atomic E-state index is 12.3. The van der Waals surface area contributed by atoms with E-state index < -0.39 is 0 Å². The van der Waals surface area contributed by atoms with Crippen LogP contribution in [-0.4, -0.2) is 37.6 Å². The molecule has 0 bridgehead atoms. The molecule has 2 aromatic heterocycles. The molecule has 0 aliphatic heterocycles. The largest absolute Gasteiger partial charge is 0.272 e. The first-order valence-corrected chi connectivity index (χ1v) is 11.5. The van der Waals surface area contributed by atoms with E-state index in [4.69, 9.17) is 0 Å². The van der Waals surface area contributed by atoms with Gasteiger partial charge in [-0.3, -0.25) is 14.3 Å². The van der Waals surface area contributed by atoms with E-state index in [1.165, 1.54) is 17.3 Å². The van der Waals surface area contributed by atoms with E-state index in [0.717, 1.165) is 21.3 Å². The molecular weight excluding hydrogens is 488 g/mol. The highest BCUT2D eigenvalue weighted by Gasteiger charge is 2.17. The van der Waals surface area contributed by atoms with Crippen molar-refractivity contribution in [2.75, 3.05) is 5.75 Å². The molecule has 2 aromatic carbocycles. The van der Waals surface area contributed by atoms with Crippen molar-refractivity contribution >= 4 is 39.8 Å². The molecule has 9 heteroatoms. The molecule has 4 rings (SSSR count). The summed E-state index contributed by atoms with van der Waals surface area (Å²) < 4.78 is 2.88. The van der Waals surface area contributed by atoms with Gasteiger partial charge in [0, 0.05) is 28.1 Å². The molecule has 0 aliphatic rings. The number of rotatable bonds is 7. The van der Waals surface area contributed by atoms with Gasteiger partial charge in [-0.05, 0) is 48.9 Å². The number of hydrogen-bond donors (Lipinski definition) is 1. The van der Waals surface area contributed by atoms with E-state index in [1.54, 1.807) is 18.6 Å². The lowest BCUT2D eigenvalue weighted by molar-refractivity contribution is -0.118. The molecule has 160 valence electrons. The van der Waals surface area contributed by atoms with Gasteiger partial charge in [-0.1, -0.05) is 57.5 Å². The maximum Gasteiger partial charge on any atom is 0.250 e. The number of hydrogen-bond acceptors (Lipinski definition) is 6.